The molecular formula is C66H116N14O13. The van der Waals surface area contributed by atoms with Crippen molar-refractivity contribution in [3.05, 3.63) is 35.2 Å². The van der Waals surface area contributed by atoms with E-state index in [0.29, 0.717) is 12.8 Å². The van der Waals surface area contributed by atoms with E-state index >= 15 is 33.6 Å². The van der Waals surface area contributed by atoms with Gasteiger partial charge < -0.3 is 65.4 Å². The molecule has 11 amide bonds. The molecule has 1 unspecified atom stereocenters. The highest BCUT2D eigenvalue weighted by atomic mass is 16.5. The van der Waals surface area contributed by atoms with E-state index < -0.39 is 161 Å². The standard InChI is InChI=1S/C66H116N14O13/c1-25-30-42(14)55(81)54-59(85)71-47(27-3)62(88)80(32-26-2)45(17)61(87)78(23)53(46(18)93-33-29-28-31-68-73-67)58(84)72-51(40(10)11)65(91)74(19)48(34-37(4)5)57(83)69-43(15)56(82)70-44(16)60(86)75(20)49(35-38(6)7)63(89)76(21)50(36-39(8)9)64(90)77(22)52(41(12)13)66(92)79(54)24/h25-26,30,37-55,81H,2,27-29,31-36H2,1,3-24H3,(H,69,83)(H,70,82)(H,71,85)(H,72,84)/b30-25+/t42-,43+,44-,45-,46-,47+,48+,49+,50+,51+,52+,53?,54+,55-/m1/s1. The number of rotatable bonds is 21. The van der Waals surface area contributed by atoms with Crippen LogP contribution in [0.1, 0.15) is 156 Å². The number of hydrogen-bond donors (Lipinski definition) is 5. The van der Waals surface area contributed by atoms with Gasteiger partial charge in [0.2, 0.25) is 65.0 Å². The first kappa shape index (κ1) is 83.9. The normalized spacial score (nSPS) is 26.5. The molecule has 1 rings (SSSR count). The highest BCUT2D eigenvalue weighted by molar-refractivity contribution is 6.00. The number of aliphatic hydroxyl groups excluding tert-OH is 1. The molecule has 528 valence electrons. The number of carbonyl (C=O) groups excluding carboxylic acids is 11. The quantitative estimate of drug-likeness (QED) is 0.0353. The van der Waals surface area contributed by atoms with Gasteiger partial charge >= 0.3 is 0 Å². The summed E-state index contributed by atoms with van der Waals surface area (Å²) < 4.78 is 6.18. The summed E-state index contributed by atoms with van der Waals surface area (Å²) in [6.07, 6.45) is 3.15. The molecule has 1 aliphatic rings. The van der Waals surface area contributed by atoms with Gasteiger partial charge in [0.05, 0.1) is 12.2 Å². The predicted octanol–water partition coefficient (Wildman–Crippen LogP) is 4.27. The molecule has 14 atom stereocenters. The molecule has 0 bridgehead atoms. The summed E-state index contributed by atoms with van der Waals surface area (Å²) in [5.74, 6) is -10.7. The molecule has 27 nitrogen and oxygen atoms in total. The Morgan fingerprint density at radius 2 is 1.03 bits per heavy atom. The third-order valence-electron chi connectivity index (χ3n) is 17.2. The number of azide groups is 1. The Balaban J connectivity index is 4.51. The van der Waals surface area contributed by atoms with Crippen LogP contribution < -0.4 is 21.3 Å². The first-order valence-corrected chi connectivity index (χ1v) is 32.9. The summed E-state index contributed by atoms with van der Waals surface area (Å²) in [6, 6.07) is -14.6. The van der Waals surface area contributed by atoms with Gasteiger partial charge in [-0.05, 0) is 108 Å². The van der Waals surface area contributed by atoms with Gasteiger partial charge in [-0.3, -0.25) is 52.7 Å². The van der Waals surface area contributed by atoms with Gasteiger partial charge in [0.1, 0.15) is 66.5 Å². The fraction of sp³-hybridized carbons (Fsp3) is 0.773. The van der Waals surface area contributed by atoms with Gasteiger partial charge in [-0.1, -0.05) is 106 Å². The Kier molecular flexibility index (Phi) is 35.7. The number of allylic oxidation sites excluding steroid dienone is 1. The molecule has 1 fully saturated rings. The largest absolute Gasteiger partial charge is 0.390 e. The number of ether oxygens (including phenoxy) is 1. The zero-order chi connectivity index (χ0) is 71.8. The van der Waals surface area contributed by atoms with Crippen LogP contribution in [-0.2, 0) is 57.5 Å². The third kappa shape index (κ3) is 23.7. The van der Waals surface area contributed by atoms with Crippen molar-refractivity contribution in [2.45, 2.75) is 235 Å². The maximum absolute atomic E-state index is 15.3. The molecule has 5 N–H and O–H groups in total. The van der Waals surface area contributed by atoms with Crippen LogP contribution in [0.4, 0.5) is 0 Å². The zero-order valence-corrected chi connectivity index (χ0v) is 60.1. The molecule has 1 heterocycles. The number of nitrogens with zero attached hydrogens (tertiary/aromatic N) is 10. The first-order chi connectivity index (χ1) is 43.2. The summed E-state index contributed by atoms with van der Waals surface area (Å²) >= 11 is 0. The Bertz CT molecular complexity index is 2630. The van der Waals surface area contributed by atoms with Crippen LogP contribution in [0.2, 0.25) is 0 Å². The van der Waals surface area contributed by atoms with E-state index in [9.17, 15) is 24.3 Å². The Labute approximate surface area is 553 Å². The van der Waals surface area contributed by atoms with Gasteiger partial charge in [0.15, 0.2) is 0 Å². The first-order valence-electron chi connectivity index (χ1n) is 32.9. The second-order valence-corrected chi connectivity index (χ2v) is 26.9. The van der Waals surface area contributed by atoms with Crippen LogP contribution >= 0.6 is 0 Å². The molecule has 0 radical (unpaired) electrons. The van der Waals surface area contributed by atoms with E-state index in [4.69, 9.17) is 10.3 Å². The van der Waals surface area contributed by atoms with Crippen molar-refractivity contribution in [1.82, 2.24) is 55.6 Å². The number of hydrogen-bond acceptors (Lipinski definition) is 14. The molecular weight excluding hydrogens is 1200 g/mol. The molecule has 93 heavy (non-hydrogen) atoms. The minimum Gasteiger partial charge on any atom is -0.390 e. The lowest BCUT2D eigenvalue weighted by atomic mass is 9.93. The molecule has 1 aliphatic heterocycles. The number of aliphatic hydroxyl groups is 1. The van der Waals surface area contributed by atoms with Crippen LogP contribution in [0.25, 0.3) is 10.4 Å². The second kappa shape index (κ2) is 39.6. The topological polar surface area (TPSA) is 337 Å². The second-order valence-electron chi connectivity index (χ2n) is 26.9. The number of likely N-dealkylation sites (N-methyl/N-ethyl adjacent to an activating group) is 6. The third-order valence-corrected chi connectivity index (χ3v) is 17.2. The average molecular weight is 1310 g/mol. The molecule has 0 aromatic heterocycles. The van der Waals surface area contributed by atoms with Gasteiger partial charge in [-0.25, -0.2) is 0 Å². The summed E-state index contributed by atoms with van der Waals surface area (Å²) in [4.78, 5) is 174. The van der Waals surface area contributed by atoms with E-state index in [1.165, 1.54) is 88.7 Å². The lowest BCUT2D eigenvalue weighted by molar-refractivity contribution is -0.157. The highest BCUT2D eigenvalue weighted by Gasteiger charge is 2.46. The minimum atomic E-state index is -1.69. The smallest absolute Gasteiger partial charge is 0.246 e. The monoisotopic (exact) mass is 1310 g/mol. The number of nitrogens with one attached hydrogen (secondary N) is 4. The lowest BCUT2D eigenvalue weighted by Crippen LogP contribution is -2.64. The minimum absolute atomic E-state index is 0.0550. The lowest BCUT2D eigenvalue weighted by Gasteiger charge is -2.41. The molecule has 0 aromatic rings. The van der Waals surface area contributed by atoms with E-state index in [1.807, 2.05) is 41.5 Å². The van der Waals surface area contributed by atoms with Crippen molar-refractivity contribution < 1.29 is 62.6 Å². The van der Waals surface area contributed by atoms with Crippen molar-refractivity contribution in [2.75, 3.05) is 62.0 Å². The average Bonchev–Trinajstić information content (AvgIpc) is 0.827. The van der Waals surface area contributed by atoms with Gasteiger partial charge in [0, 0.05) is 72.8 Å². The fourth-order valence-electron chi connectivity index (χ4n) is 11.6. The van der Waals surface area contributed by atoms with Crippen LogP contribution in [0.3, 0.4) is 0 Å². The Morgan fingerprint density at radius 1 is 0.559 bits per heavy atom. The van der Waals surface area contributed by atoms with Crippen molar-refractivity contribution in [1.29, 1.82) is 0 Å². The van der Waals surface area contributed by atoms with Crippen molar-refractivity contribution in [2.24, 2.45) is 40.6 Å². The van der Waals surface area contributed by atoms with Crippen molar-refractivity contribution in [3.8, 4) is 0 Å². The molecule has 0 saturated carbocycles. The Morgan fingerprint density at radius 3 is 1.52 bits per heavy atom. The SMILES string of the molecule is C=CCN1C(=O)[C@H](CC)NC(=O)[C@H]([C@H](O)[C@H](C)/C=C/C)N(C)C(=O)[C@H](C(C)C)N(C)C(=O)[C@H](CC(C)C)N(C)C(=O)[C@H](CC(C)C)N(C)C(=O)[C@@H](C)NC(=O)[C@H](C)NC(=O)[C@H](CC(C)C)N(C)C(=O)[C@H](C(C)C)NC(=O)C([C@@H](C)OCCCCN=[N+]=[N-])N(C)C(=O)[C@H]1C. The van der Waals surface area contributed by atoms with Crippen molar-refractivity contribution in [3.63, 3.8) is 0 Å². The summed E-state index contributed by atoms with van der Waals surface area (Å²) in [5, 5.41) is 26.7. The van der Waals surface area contributed by atoms with Crippen molar-refractivity contribution >= 4 is 65.0 Å². The van der Waals surface area contributed by atoms with Crippen LogP contribution in [-0.4, -0.2) is 245 Å². The van der Waals surface area contributed by atoms with Crippen LogP contribution in [0, 0.1) is 35.5 Å². The van der Waals surface area contributed by atoms with E-state index in [-0.39, 0.29) is 63.1 Å². The summed E-state index contributed by atoms with van der Waals surface area (Å²) in [5.41, 5.74) is 8.81. The van der Waals surface area contributed by atoms with Crippen LogP contribution in [0.15, 0.2) is 29.9 Å². The zero-order valence-electron chi connectivity index (χ0n) is 60.1. The van der Waals surface area contributed by atoms with E-state index in [2.05, 4.69) is 37.9 Å². The predicted molar refractivity (Wildman–Crippen MR) is 357 cm³/mol. The molecule has 0 aliphatic carbocycles. The number of amides is 11. The maximum atomic E-state index is 15.3. The molecule has 0 spiro atoms. The van der Waals surface area contributed by atoms with Gasteiger partial charge in [-0.15, -0.1) is 6.58 Å². The van der Waals surface area contributed by atoms with Gasteiger partial charge in [-0.2, -0.15) is 0 Å². The fourth-order valence-corrected chi connectivity index (χ4v) is 11.6. The van der Waals surface area contributed by atoms with E-state index in [0.717, 1.165) is 14.7 Å². The number of carbonyl (C=O) groups is 11. The maximum Gasteiger partial charge on any atom is 0.246 e. The Hall–Kier alpha value is -7.12. The molecule has 1 saturated heterocycles. The summed E-state index contributed by atoms with van der Waals surface area (Å²) in [7, 11) is 8.35. The molecule has 0 aromatic carbocycles. The highest BCUT2D eigenvalue weighted by Crippen LogP contribution is 2.26. The summed E-state index contributed by atoms with van der Waals surface area (Å²) in [6.45, 7) is 32.5. The molecule has 27 heteroatoms. The van der Waals surface area contributed by atoms with Gasteiger partial charge in [0.25, 0.3) is 0 Å². The van der Waals surface area contributed by atoms with E-state index in [1.54, 1.807) is 67.5 Å². The van der Waals surface area contributed by atoms with Crippen LogP contribution in [0.5, 0.6) is 0 Å². The number of unbranched alkanes of at least 4 members (excludes halogenated alkanes) is 1.